The highest BCUT2D eigenvalue weighted by Crippen LogP contribution is 2.28. The topological polar surface area (TPSA) is 69.2 Å². The van der Waals surface area contributed by atoms with E-state index in [1.54, 1.807) is 6.20 Å². The van der Waals surface area contributed by atoms with Crippen LogP contribution >= 0.6 is 0 Å². The van der Waals surface area contributed by atoms with E-state index in [1.165, 1.54) is 0 Å². The van der Waals surface area contributed by atoms with Crippen LogP contribution in [-0.4, -0.2) is 50.4 Å². The molecule has 0 radical (unpaired) electrons. The molecular weight excluding hydrogens is 258 g/mol. The van der Waals surface area contributed by atoms with Crippen LogP contribution in [0.15, 0.2) is 23.2 Å². The van der Waals surface area contributed by atoms with Crippen molar-refractivity contribution >= 4 is 0 Å². The van der Waals surface area contributed by atoms with Gasteiger partial charge in [0, 0.05) is 32.0 Å². The van der Waals surface area contributed by atoms with E-state index in [-0.39, 0.29) is 12.1 Å². The predicted octanol–water partition coefficient (Wildman–Crippen LogP) is 1.04. The first-order valence-corrected chi connectivity index (χ1v) is 6.85. The third-order valence-electron chi connectivity index (χ3n) is 3.60. The van der Waals surface area contributed by atoms with Gasteiger partial charge in [-0.15, -0.1) is 0 Å². The van der Waals surface area contributed by atoms with Crippen molar-refractivity contribution in [3.8, 4) is 0 Å². The summed E-state index contributed by atoms with van der Waals surface area (Å²) in [4.78, 5) is 10.8. The number of morpholine rings is 1. The lowest BCUT2D eigenvalue weighted by atomic mass is 10.1. The molecule has 0 N–H and O–H groups in total. The number of aromatic nitrogens is 4. The van der Waals surface area contributed by atoms with E-state index in [0.717, 1.165) is 26.2 Å². The van der Waals surface area contributed by atoms with E-state index in [9.17, 15) is 0 Å². The van der Waals surface area contributed by atoms with Crippen LogP contribution in [0.2, 0.25) is 0 Å². The Morgan fingerprint density at radius 3 is 3.00 bits per heavy atom. The minimum absolute atomic E-state index is 0.0217. The molecule has 3 heterocycles. The van der Waals surface area contributed by atoms with Crippen molar-refractivity contribution in [3.05, 3.63) is 30.4 Å². The van der Waals surface area contributed by atoms with Gasteiger partial charge in [0.15, 0.2) is 5.82 Å². The van der Waals surface area contributed by atoms with Gasteiger partial charge in [0.1, 0.15) is 6.04 Å². The largest absolute Gasteiger partial charge is 0.375 e. The van der Waals surface area contributed by atoms with E-state index >= 15 is 0 Å². The molecule has 7 heteroatoms. The summed E-state index contributed by atoms with van der Waals surface area (Å²) in [6.07, 6.45) is 5.64. The molecule has 1 aliphatic heterocycles. The number of nitrogens with zero attached hydrogens (tertiary/aromatic N) is 5. The summed E-state index contributed by atoms with van der Waals surface area (Å²) in [5.74, 6) is 1.30. The zero-order valence-corrected chi connectivity index (χ0v) is 11.8. The second kappa shape index (κ2) is 5.72. The van der Waals surface area contributed by atoms with Crippen LogP contribution in [0.5, 0.6) is 0 Å². The molecule has 0 spiro atoms. The van der Waals surface area contributed by atoms with Crippen molar-refractivity contribution in [3.63, 3.8) is 0 Å². The van der Waals surface area contributed by atoms with Crippen LogP contribution in [0.4, 0.5) is 0 Å². The molecule has 0 saturated carbocycles. The molecule has 7 nitrogen and oxygen atoms in total. The Morgan fingerprint density at radius 2 is 2.30 bits per heavy atom. The quantitative estimate of drug-likeness (QED) is 0.831. The van der Waals surface area contributed by atoms with Gasteiger partial charge in [0.05, 0.1) is 19.0 Å². The van der Waals surface area contributed by atoms with E-state index in [2.05, 4.69) is 24.6 Å². The molecule has 2 aromatic heterocycles. The summed E-state index contributed by atoms with van der Waals surface area (Å²) < 4.78 is 13.1. The van der Waals surface area contributed by atoms with E-state index in [0.29, 0.717) is 11.7 Å². The summed E-state index contributed by atoms with van der Waals surface area (Å²) in [7, 11) is 0. The molecule has 0 bridgehead atoms. The predicted molar refractivity (Wildman–Crippen MR) is 71.0 cm³/mol. The van der Waals surface area contributed by atoms with Gasteiger partial charge in [0.2, 0.25) is 5.89 Å². The SMILES string of the molecule is Cc1noc([C@@H]2[C@@H](C)OCCN2CCn2ccnc2)n1. The summed E-state index contributed by atoms with van der Waals surface area (Å²) in [6, 6.07) is 0.0217. The summed E-state index contributed by atoms with van der Waals surface area (Å²) in [5, 5.41) is 3.89. The van der Waals surface area contributed by atoms with E-state index in [4.69, 9.17) is 9.26 Å². The Balaban J connectivity index is 1.72. The number of ether oxygens (including phenoxy) is 1. The van der Waals surface area contributed by atoms with Gasteiger partial charge >= 0.3 is 0 Å². The number of hydrogen-bond acceptors (Lipinski definition) is 6. The van der Waals surface area contributed by atoms with Crippen LogP contribution in [0.25, 0.3) is 0 Å². The highest BCUT2D eigenvalue weighted by Gasteiger charge is 2.34. The van der Waals surface area contributed by atoms with Crippen LogP contribution in [0, 0.1) is 6.92 Å². The van der Waals surface area contributed by atoms with Crippen molar-refractivity contribution in [1.82, 2.24) is 24.6 Å². The van der Waals surface area contributed by atoms with Gasteiger partial charge in [-0.05, 0) is 13.8 Å². The second-order valence-corrected chi connectivity index (χ2v) is 5.04. The smallest absolute Gasteiger partial charge is 0.246 e. The van der Waals surface area contributed by atoms with Gasteiger partial charge in [-0.3, -0.25) is 4.90 Å². The Kier molecular flexibility index (Phi) is 3.79. The van der Waals surface area contributed by atoms with Crippen LogP contribution in [0.3, 0.4) is 0 Å². The average molecular weight is 277 g/mol. The van der Waals surface area contributed by atoms with E-state index < -0.39 is 0 Å². The maximum absolute atomic E-state index is 5.73. The van der Waals surface area contributed by atoms with Crippen molar-refractivity contribution in [1.29, 1.82) is 0 Å². The normalized spacial score (nSPS) is 24.1. The zero-order valence-electron chi connectivity index (χ0n) is 11.8. The first kappa shape index (κ1) is 13.3. The van der Waals surface area contributed by atoms with Crippen molar-refractivity contribution < 1.29 is 9.26 Å². The molecule has 0 amide bonds. The van der Waals surface area contributed by atoms with Crippen LogP contribution in [0.1, 0.15) is 24.7 Å². The average Bonchev–Trinajstić information content (AvgIpc) is 3.08. The third-order valence-corrected chi connectivity index (χ3v) is 3.60. The first-order valence-electron chi connectivity index (χ1n) is 6.85. The van der Waals surface area contributed by atoms with Crippen molar-refractivity contribution in [2.75, 3.05) is 19.7 Å². The first-order chi connectivity index (χ1) is 9.74. The lowest BCUT2D eigenvalue weighted by Gasteiger charge is -2.37. The summed E-state index contributed by atoms with van der Waals surface area (Å²) in [5.41, 5.74) is 0. The minimum atomic E-state index is 0.0217. The van der Waals surface area contributed by atoms with Crippen LogP contribution in [-0.2, 0) is 11.3 Å². The molecule has 108 valence electrons. The molecular formula is C13H19N5O2. The van der Waals surface area contributed by atoms with Gasteiger partial charge in [-0.25, -0.2) is 4.98 Å². The van der Waals surface area contributed by atoms with Crippen molar-refractivity contribution in [2.24, 2.45) is 0 Å². The van der Waals surface area contributed by atoms with Gasteiger partial charge < -0.3 is 13.8 Å². The summed E-state index contributed by atoms with van der Waals surface area (Å²) >= 11 is 0. The second-order valence-electron chi connectivity index (χ2n) is 5.04. The third kappa shape index (κ3) is 2.73. The van der Waals surface area contributed by atoms with Gasteiger partial charge in [0.25, 0.3) is 0 Å². The molecule has 20 heavy (non-hydrogen) atoms. The molecule has 1 saturated heterocycles. The number of imidazole rings is 1. The number of rotatable bonds is 4. The van der Waals surface area contributed by atoms with Gasteiger partial charge in [-0.1, -0.05) is 5.16 Å². The zero-order chi connectivity index (χ0) is 13.9. The van der Waals surface area contributed by atoms with Crippen LogP contribution < -0.4 is 0 Å². The fraction of sp³-hybridized carbons (Fsp3) is 0.615. The Hall–Kier alpha value is -1.73. The minimum Gasteiger partial charge on any atom is -0.375 e. The molecule has 0 aromatic carbocycles. The van der Waals surface area contributed by atoms with Crippen molar-refractivity contribution in [2.45, 2.75) is 32.5 Å². The summed E-state index contributed by atoms with van der Waals surface area (Å²) in [6.45, 7) is 7.26. The lowest BCUT2D eigenvalue weighted by molar-refractivity contribution is -0.0737. The standard InChI is InChI=1S/C13H19N5O2/c1-10-12(13-15-11(2)16-20-13)18(7-8-19-10)6-5-17-4-3-14-9-17/h3-4,9-10,12H,5-8H2,1-2H3/t10-,12+/m1/s1. The monoisotopic (exact) mass is 277 g/mol. The highest BCUT2D eigenvalue weighted by molar-refractivity contribution is 4.97. The number of aryl methyl sites for hydroxylation is 1. The Bertz CT molecular complexity index is 539. The molecule has 0 unspecified atom stereocenters. The molecule has 0 aliphatic carbocycles. The molecule has 1 aliphatic rings. The number of hydrogen-bond donors (Lipinski definition) is 0. The lowest BCUT2D eigenvalue weighted by Crippen LogP contribution is -2.45. The molecule has 2 atom stereocenters. The fourth-order valence-electron chi connectivity index (χ4n) is 2.59. The Labute approximate surface area is 117 Å². The maximum atomic E-state index is 5.73. The highest BCUT2D eigenvalue weighted by atomic mass is 16.5. The van der Waals surface area contributed by atoms with Gasteiger partial charge in [-0.2, -0.15) is 4.98 Å². The molecule has 2 aromatic rings. The fourth-order valence-corrected chi connectivity index (χ4v) is 2.59. The van der Waals surface area contributed by atoms with E-state index in [1.807, 2.05) is 26.4 Å². The maximum Gasteiger partial charge on any atom is 0.246 e. The Morgan fingerprint density at radius 1 is 1.40 bits per heavy atom. The molecule has 1 fully saturated rings. The molecule has 3 rings (SSSR count).